The first-order valence-corrected chi connectivity index (χ1v) is 7.87. The normalized spacial score (nSPS) is 10.7. The van der Waals surface area contributed by atoms with Gasteiger partial charge in [0.2, 0.25) is 0 Å². The van der Waals surface area contributed by atoms with E-state index < -0.39 is 5.97 Å². The van der Waals surface area contributed by atoms with Gasteiger partial charge < -0.3 is 14.9 Å². The van der Waals surface area contributed by atoms with Gasteiger partial charge in [-0.15, -0.1) is 0 Å². The summed E-state index contributed by atoms with van der Waals surface area (Å²) in [5.41, 5.74) is 2.37. The molecule has 2 N–H and O–H groups in total. The Morgan fingerprint density at radius 1 is 1.16 bits per heavy atom. The zero-order valence-electron chi connectivity index (χ0n) is 13.2. The lowest BCUT2D eigenvalue weighted by Crippen LogP contribution is -2.07. The Bertz CT molecular complexity index is 929. The quantitative estimate of drug-likeness (QED) is 0.688. The second-order valence-electron chi connectivity index (χ2n) is 5.20. The van der Waals surface area contributed by atoms with E-state index >= 15 is 0 Å². The lowest BCUT2D eigenvalue weighted by molar-refractivity contribution is 0.0691. The molecule has 9 heteroatoms. The third-order valence-corrected chi connectivity index (χ3v) is 4.10. The van der Waals surface area contributed by atoms with Gasteiger partial charge in [-0.2, -0.15) is 0 Å². The topological polar surface area (TPSA) is 101 Å². The fraction of sp³-hybridized carbons (Fsp3) is 0.125. The number of aromatic nitrogens is 3. The number of carbonyl (C=O) groups is 1. The van der Waals surface area contributed by atoms with Crippen LogP contribution in [0.2, 0.25) is 10.0 Å². The number of hydrogen-bond acceptors (Lipinski definition) is 6. The number of nitrogens with one attached hydrogen (secondary N) is 1. The highest BCUT2D eigenvalue weighted by atomic mass is 35.5. The molecule has 0 aliphatic rings. The van der Waals surface area contributed by atoms with Crippen molar-refractivity contribution in [2.45, 2.75) is 13.8 Å². The van der Waals surface area contributed by atoms with Crippen molar-refractivity contribution in [3.05, 3.63) is 51.7 Å². The van der Waals surface area contributed by atoms with Gasteiger partial charge in [-0.25, -0.2) is 14.8 Å². The summed E-state index contributed by atoms with van der Waals surface area (Å²) < 4.78 is 5.16. The smallest absolute Gasteiger partial charge is 0.358 e. The Morgan fingerprint density at radius 3 is 2.36 bits per heavy atom. The maximum Gasteiger partial charge on any atom is 0.358 e. The van der Waals surface area contributed by atoms with Crippen LogP contribution in [0.1, 0.15) is 21.9 Å². The van der Waals surface area contributed by atoms with E-state index in [0.717, 1.165) is 11.1 Å². The second-order valence-corrected chi connectivity index (χ2v) is 6.01. The van der Waals surface area contributed by atoms with Gasteiger partial charge in [0.15, 0.2) is 11.5 Å². The summed E-state index contributed by atoms with van der Waals surface area (Å²) >= 11 is 12.7. The zero-order chi connectivity index (χ0) is 18.1. The van der Waals surface area contributed by atoms with Crippen LogP contribution in [0.25, 0.3) is 11.1 Å². The number of anilines is 2. The van der Waals surface area contributed by atoms with Gasteiger partial charge in [0.05, 0.1) is 21.4 Å². The number of aromatic carboxylic acids is 1. The van der Waals surface area contributed by atoms with E-state index in [9.17, 15) is 9.90 Å². The number of nitrogens with zero attached hydrogens (tertiary/aromatic N) is 3. The first-order chi connectivity index (χ1) is 11.9. The summed E-state index contributed by atoms with van der Waals surface area (Å²) in [6.07, 6.45) is 2.66. The summed E-state index contributed by atoms with van der Waals surface area (Å²) in [5.74, 6) is -0.522. The average Bonchev–Trinajstić information content (AvgIpc) is 2.89. The van der Waals surface area contributed by atoms with Gasteiger partial charge in [0, 0.05) is 18.0 Å². The molecule has 0 saturated heterocycles. The average molecular weight is 379 g/mol. The molecule has 3 rings (SSSR count). The molecule has 0 spiro atoms. The molecule has 25 heavy (non-hydrogen) atoms. The summed E-state index contributed by atoms with van der Waals surface area (Å²) in [4.78, 5) is 19.0. The van der Waals surface area contributed by atoms with E-state index in [-0.39, 0.29) is 11.5 Å². The van der Waals surface area contributed by atoms with Crippen molar-refractivity contribution < 1.29 is 14.4 Å². The third-order valence-electron chi connectivity index (χ3n) is 3.51. The highest BCUT2D eigenvalue weighted by Crippen LogP contribution is 2.39. The second kappa shape index (κ2) is 6.70. The largest absolute Gasteiger partial charge is 0.476 e. The number of halogens is 2. The minimum atomic E-state index is -1.21. The fourth-order valence-corrected chi connectivity index (χ4v) is 3.02. The first-order valence-electron chi connectivity index (χ1n) is 7.12. The zero-order valence-corrected chi connectivity index (χ0v) is 14.7. The van der Waals surface area contributed by atoms with Crippen molar-refractivity contribution in [2.75, 3.05) is 5.32 Å². The van der Waals surface area contributed by atoms with E-state index in [1.54, 1.807) is 19.1 Å². The number of benzene rings is 1. The molecule has 128 valence electrons. The van der Waals surface area contributed by atoms with Crippen molar-refractivity contribution in [1.82, 2.24) is 15.1 Å². The van der Waals surface area contributed by atoms with Crippen LogP contribution in [0, 0.1) is 13.8 Å². The Balaban J connectivity index is 2.04. The maximum absolute atomic E-state index is 11.2. The molecule has 0 atom stereocenters. The van der Waals surface area contributed by atoms with E-state index in [4.69, 9.17) is 27.7 Å². The van der Waals surface area contributed by atoms with Crippen molar-refractivity contribution >= 4 is 40.7 Å². The molecule has 0 fully saturated rings. The fourth-order valence-electron chi connectivity index (χ4n) is 2.44. The monoisotopic (exact) mass is 378 g/mol. The molecule has 0 aliphatic heterocycles. The molecule has 0 saturated carbocycles. The molecule has 1 aromatic carbocycles. The first kappa shape index (κ1) is 17.2. The van der Waals surface area contributed by atoms with Gasteiger partial charge >= 0.3 is 5.97 Å². The number of rotatable bonds is 4. The predicted octanol–water partition coefficient (Wildman–Crippen LogP) is 4.50. The van der Waals surface area contributed by atoms with Crippen LogP contribution in [-0.4, -0.2) is 26.2 Å². The Hall–Kier alpha value is -2.64. The maximum atomic E-state index is 11.2. The van der Waals surface area contributed by atoms with E-state index in [0.29, 0.717) is 27.2 Å². The van der Waals surface area contributed by atoms with Crippen LogP contribution in [0.3, 0.4) is 0 Å². The molecule has 0 amide bonds. The van der Waals surface area contributed by atoms with Gasteiger partial charge in [0.1, 0.15) is 5.76 Å². The van der Waals surface area contributed by atoms with E-state index in [1.165, 1.54) is 12.4 Å². The van der Waals surface area contributed by atoms with E-state index in [2.05, 4.69) is 20.4 Å². The van der Waals surface area contributed by atoms with Crippen molar-refractivity contribution in [1.29, 1.82) is 0 Å². The van der Waals surface area contributed by atoms with Crippen LogP contribution in [0.15, 0.2) is 29.0 Å². The van der Waals surface area contributed by atoms with Crippen LogP contribution in [0.4, 0.5) is 11.5 Å². The molecule has 0 bridgehead atoms. The Morgan fingerprint density at radius 2 is 1.80 bits per heavy atom. The molecule has 0 radical (unpaired) electrons. The van der Waals surface area contributed by atoms with Gasteiger partial charge in [0.25, 0.3) is 0 Å². The van der Waals surface area contributed by atoms with Gasteiger partial charge in [-0.3, -0.25) is 0 Å². The lowest BCUT2D eigenvalue weighted by atomic mass is 10.0. The predicted molar refractivity (Wildman–Crippen MR) is 93.7 cm³/mol. The Kier molecular flexibility index (Phi) is 4.61. The molecule has 3 aromatic rings. The number of hydrogen-bond donors (Lipinski definition) is 2. The minimum absolute atomic E-state index is 0.0453. The minimum Gasteiger partial charge on any atom is -0.476 e. The van der Waals surface area contributed by atoms with Crippen molar-refractivity contribution in [3.63, 3.8) is 0 Å². The van der Waals surface area contributed by atoms with Crippen LogP contribution in [-0.2, 0) is 0 Å². The van der Waals surface area contributed by atoms with Crippen LogP contribution >= 0.6 is 23.2 Å². The van der Waals surface area contributed by atoms with Gasteiger partial charge in [-0.1, -0.05) is 28.4 Å². The highest BCUT2D eigenvalue weighted by molar-refractivity contribution is 6.39. The molecule has 2 heterocycles. The summed E-state index contributed by atoms with van der Waals surface area (Å²) in [7, 11) is 0. The lowest BCUT2D eigenvalue weighted by Gasteiger charge is -2.13. The van der Waals surface area contributed by atoms with Crippen LogP contribution < -0.4 is 5.32 Å². The third kappa shape index (κ3) is 3.29. The summed E-state index contributed by atoms with van der Waals surface area (Å²) in [5, 5.41) is 16.5. The number of carboxylic acids is 1. The SMILES string of the molecule is Cc1noc(C)c1-c1cc(Cl)c(Nc2nccnc2C(=O)O)c(Cl)c1. The summed E-state index contributed by atoms with van der Waals surface area (Å²) in [6, 6.07) is 3.39. The number of carboxylic acid groups (broad SMARTS) is 1. The standard InChI is InChI=1S/C16H12Cl2N4O3/c1-7-12(8(2)25-22-7)9-5-10(17)13(11(18)6-9)21-15-14(16(23)24)19-3-4-20-15/h3-6H,1-2H3,(H,20,21)(H,23,24). The molecular weight excluding hydrogens is 367 g/mol. The Labute approximate surface area is 152 Å². The summed E-state index contributed by atoms with van der Waals surface area (Å²) in [6.45, 7) is 3.61. The highest BCUT2D eigenvalue weighted by Gasteiger charge is 2.18. The van der Waals surface area contributed by atoms with E-state index in [1.807, 2.05) is 6.92 Å². The van der Waals surface area contributed by atoms with Gasteiger partial charge in [-0.05, 0) is 31.5 Å². The van der Waals surface area contributed by atoms with Crippen molar-refractivity contribution in [2.24, 2.45) is 0 Å². The molecule has 7 nitrogen and oxygen atoms in total. The van der Waals surface area contributed by atoms with Crippen molar-refractivity contribution in [3.8, 4) is 11.1 Å². The molecule has 0 aliphatic carbocycles. The number of aryl methyl sites for hydroxylation is 2. The van der Waals surface area contributed by atoms with Crippen LogP contribution in [0.5, 0.6) is 0 Å². The molecule has 2 aromatic heterocycles. The molecule has 0 unspecified atom stereocenters. The molecular formula is C16H12Cl2N4O3.